The van der Waals surface area contributed by atoms with Gasteiger partial charge in [0.1, 0.15) is 5.82 Å². The monoisotopic (exact) mass is 255 g/mol. The third kappa shape index (κ3) is 1.26. The van der Waals surface area contributed by atoms with E-state index in [2.05, 4.69) is 20.9 Å². The summed E-state index contributed by atoms with van der Waals surface area (Å²) in [6.45, 7) is 1.79. The molecule has 0 atom stereocenters. The number of rotatable bonds is 1. The summed E-state index contributed by atoms with van der Waals surface area (Å²) in [5.74, 6) is -0.355. The molecule has 2 rings (SSSR count). The van der Waals surface area contributed by atoms with Gasteiger partial charge in [0.15, 0.2) is 6.29 Å². The lowest BCUT2D eigenvalue weighted by molar-refractivity contribution is 0.112. The molecular formula is C10H7BrFNO. The molecule has 0 radical (unpaired) electrons. The van der Waals surface area contributed by atoms with Crippen LogP contribution in [0.25, 0.3) is 10.9 Å². The molecule has 1 aromatic carbocycles. The van der Waals surface area contributed by atoms with E-state index in [4.69, 9.17) is 0 Å². The number of aldehydes is 1. The van der Waals surface area contributed by atoms with Crippen LogP contribution >= 0.6 is 15.9 Å². The Bertz CT molecular complexity index is 518. The highest BCUT2D eigenvalue weighted by atomic mass is 79.9. The van der Waals surface area contributed by atoms with E-state index in [1.165, 1.54) is 12.1 Å². The third-order valence-corrected chi connectivity index (χ3v) is 2.80. The molecule has 0 spiro atoms. The number of H-pyrrole nitrogens is 1. The van der Waals surface area contributed by atoms with Gasteiger partial charge in [-0.15, -0.1) is 0 Å². The van der Waals surface area contributed by atoms with E-state index in [-0.39, 0.29) is 5.82 Å². The largest absolute Gasteiger partial charge is 0.357 e. The number of benzene rings is 1. The van der Waals surface area contributed by atoms with Gasteiger partial charge in [0.05, 0.1) is 5.52 Å². The second kappa shape index (κ2) is 3.20. The van der Waals surface area contributed by atoms with Gasteiger partial charge in [0.2, 0.25) is 0 Å². The van der Waals surface area contributed by atoms with Gasteiger partial charge in [-0.2, -0.15) is 0 Å². The molecular weight excluding hydrogens is 249 g/mol. The standard InChI is InChI=1S/C10H7BrFNO/c1-5-8(4-14)7-2-6(12)3-9(11)10(7)13-5/h2-4,13H,1H3. The minimum atomic E-state index is -0.355. The topological polar surface area (TPSA) is 32.9 Å². The van der Waals surface area contributed by atoms with Crippen molar-refractivity contribution >= 4 is 33.1 Å². The third-order valence-electron chi connectivity index (χ3n) is 2.18. The van der Waals surface area contributed by atoms with Crippen LogP contribution in [-0.2, 0) is 0 Å². The zero-order valence-corrected chi connectivity index (χ0v) is 8.98. The molecule has 0 unspecified atom stereocenters. The van der Waals surface area contributed by atoms with Gasteiger partial charge in [0, 0.05) is 21.1 Å². The maximum Gasteiger partial charge on any atom is 0.152 e. The fraction of sp³-hybridized carbons (Fsp3) is 0.100. The van der Waals surface area contributed by atoms with E-state index < -0.39 is 0 Å². The summed E-state index contributed by atoms with van der Waals surface area (Å²) in [5.41, 5.74) is 2.02. The van der Waals surface area contributed by atoms with E-state index in [0.717, 1.165) is 17.5 Å². The zero-order valence-electron chi connectivity index (χ0n) is 7.40. The summed E-state index contributed by atoms with van der Waals surface area (Å²) in [4.78, 5) is 13.8. The van der Waals surface area contributed by atoms with Crippen LogP contribution < -0.4 is 0 Å². The molecule has 0 fully saturated rings. The first-order valence-corrected chi connectivity index (χ1v) is 4.85. The molecule has 1 heterocycles. The van der Waals surface area contributed by atoms with Crippen LogP contribution in [0.15, 0.2) is 16.6 Å². The van der Waals surface area contributed by atoms with E-state index in [1.807, 2.05) is 0 Å². The van der Waals surface area contributed by atoms with E-state index in [9.17, 15) is 9.18 Å². The van der Waals surface area contributed by atoms with Crippen molar-refractivity contribution in [2.75, 3.05) is 0 Å². The highest BCUT2D eigenvalue weighted by molar-refractivity contribution is 9.10. The van der Waals surface area contributed by atoms with Crippen LogP contribution in [0.1, 0.15) is 16.1 Å². The molecule has 4 heteroatoms. The average molecular weight is 256 g/mol. The van der Waals surface area contributed by atoms with Gasteiger partial charge in [0.25, 0.3) is 0 Å². The summed E-state index contributed by atoms with van der Waals surface area (Å²) in [7, 11) is 0. The predicted octanol–water partition coefficient (Wildman–Crippen LogP) is 3.19. The zero-order chi connectivity index (χ0) is 10.3. The molecule has 0 amide bonds. The number of carbonyl (C=O) groups is 1. The minimum absolute atomic E-state index is 0.355. The van der Waals surface area contributed by atoms with Crippen molar-refractivity contribution in [3.63, 3.8) is 0 Å². The molecule has 0 aliphatic carbocycles. The number of aryl methyl sites for hydroxylation is 1. The molecule has 2 nitrogen and oxygen atoms in total. The van der Waals surface area contributed by atoms with Crippen LogP contribution in [0.4, 0.5) is 4.39 Å². The van der Waals surface area contributed by atoms with Gasteiger partial charge in [-0.05, 0) is 35.0 Å². The van der Waals surface area contributed by atoms with Crippen LogP contribution in [0.5, 0.6) is 0 Å². The Kier molecular flexibility index (Phi) is 2.15. The maximum atomic E-state index is 13.1. The first-order valence-electron chi connectivity index (χ1n) is 4.06. The van der Waals surface area contributed by atoms with E-state index in [0.29, 0.717) is 15.4 Å². The number of aromatic nitrogens is 1. The van der Waals surface area contributed by atoms with Crippen molar-refractivity contribution in [1.82, 2.24) is 4.98 Å². The Morgan fingerprint density at radius 3 is 2.86 bits per heavy atom. The lowest BCUT2D eigenvalue weighted by Crippen LogP contribution is -1.81. The normalized spacial score (nSPS) is 10.8. The van der Waals surface area contributed by atoms with Crippen molar-refractivity contribution in [1.29, 1.82) is 0 Å². The smallest absolute Gasteiger partial charge is 0.152 e. The van der Waals surface area contributed by atoms with Crippen molar-refractivity contribution < 1.29 is 9.18 Å². The van der Waals surface area contributed by atoms with Crippen molar-refractivity contribution in [3.05, 3.63) is 33.7 Å². The number of nitrogens with one attached hydrogen (secondary N) is 1. The molecule has 0 aliphatic rings. The molecule has 0 aliphatic heterocycles. The maximum absolute atomic E-state index is 13.1. The SMILES string of the molecule is Cc1[nH]c2c(Br)cc(F)cc2c1C=O. The Morgan fingerprint density at radius 2 is 2.21 bits per heavy atom. The second-order valence-corrected chi connectivity index (χ2v) is 3.95. The Morgan fingerprint density at radius 1 is 1.50 bits per heavy atom. The molecule has 14 heavy (non-hydrogen) atoms. The highest BCUT2D eigenvalue weighted by Gasteiger charge is 2.11. The van der Waals surface area contributed by atoms with Crippen molar-refractivity contribution in [2.24, 2.45) is 0 Å². The average Bonchev–Trinajstić information content (AvgIpc) is 2.41. The number of fused-ring (bicyclic) bond motifs is 1. The lowest BCUT2D eigenvalue weighted by Gasteiger charge is -1.95. The number of halogens is 2. The van der Waals surface area contributed by atoms with Crippen molar-refractivity contribution in [2.45, 2.75) is 6.92 Å². The van der Waals surface area contributed by atoms with Crippen LogP contribution in [0, 0.1) is 12.7 Å². The Labute approximate surface area is 88.2 Å². The summed E-state index contributed by atoms with van der Waals surface area (Å²) < 4.78 is 13.7. The summed E-state index contributed by atoms with van der Waals surface area (Å²) >= 11 is 3.24. The summed E-state index contributed by atoms with van der Waals surface area (Å²) in [6, 6.07) is 2.72. The molecule has 0 saturated carbocycles. The van der Waals surface area contributed by atoms with Gasteiger partial charge >= 0.3 is 0 Å². The molecule has 2 aromatic rings. The number of aromatic amines is 1. The van der Waals surface area contributed by atoms with Crippen LogP contribution in [0.2, 0.25) is 0 Å². The second-order valence-electron chi connectivity index (χ2n) is 3.09. The summed E-state index contributed by atoms with van der Waals surface area (Å²) in [5, 5.41) is 0.615. The van der Waals surface area contributed by atoms with Crippen LogP contribution in [0.3, 0.4) is 0 Å². The fourth-order valence-electron chi connectivity index (χ4n) is 1.52. The summed E-state index contributed by atoms with van der Waals surface area (Å²) in [6.07, 6.45) is 0.736. The van der Waals surface area contributed by atoms with E-state index >= 15 is 0 Å². The predicted molar refractivity (Wildman–Crippen MR) is 56.1 cm³/mol. The number of carbonyl (C=O) groups excluding carboxylic acids is 1. The quantitative estimate of drug-likeness (QED) is 0.781. The van der Waals surface area contributed by atoms with Gasteiger partial charge < -0.3 is 4.98 Å². The molecule has 1 aromatic heterocycles. The number of hydrogen-bond acceptors (Lipinski definition) is 1. The first-order chi connectivity index (χ1) is 6.63. The molecule has 1 N–H and O–H groups in total. The van der Waals surface area contributed by atoms with Gasteiger partial charge in [-0.25, -0.2) is 4.39 Å². The minimum Gasteiger partial charge on any atom is -0.357 e. The number of hydrogen-bond donors (Lipinski definition) is 1. The Balaban J connectivity index is 2.94. The van der Waals surface area contributed by atoms with Gasteiger partial charge in [-0.1, -0.05) is 0 Å². The van der Waals surface area contributed by atoms with Crippen molar-refractivity contribution in [3.8, 4) is 0 Å². The molecule has 72 valence electrons. The Hall–Kier alpha value is -1.16. The highest BCUT2D eigenvalue weighted by Crippen LogP contribution is 2.28. The van der Waals surface area contributed by atoms with Crippen LogP contribution in [-0.4, -0.2) is 11.3 Å². The lowest BCUT2D eigenvalue weighted by atomic mass is 10.1. The first kappa shape index (κ1) is 9.40. The molecule has 0 bridgehead atoms. The van der Waals surface area contributed by atoms with E-state index in [1.54, 1.807) is 6.92 Å². The fourth-order valence-corrected chi connectivity index (χ4v) is 2.05. The van der Waals surface area contributed by atoms with Gasteiger partial charge in [-0.3, -0.25) is 4.79 Å². The molecule has 0 saturated heterocycles.